The minimum Gasteiger partial charge on any atom is -0.478 e. The van der Waals surface area contributed by atoms with Crippen molar-refractivity contribution in [1.82, 2.24) is 15.6 Å². The van der Waals surface area contributed by atoms with E-state index in [2.05, 4.69) is 15.6 Å². The van der Waals surface area contributed by atoms with Gasteiger partial charge in [-0.1, -0.05) is 0 Å². The van der Waals surface area contributed by atoms with E-state index in [9.17, 15) is 14.4 Å². The normalized spacial score (nSPS) is 17.9. The molecule has 19 heavy (non-hydrogen) atoms. The van der Waals surface area contributed by atoms with Gasteiger partial charge in [0.1, 0.15) is 6.04 Å². The Labute approximate surface area is 109 Å². The maximum Gasteiger partial charge on any atom is 0.335 e. The number of hydrogen-bond donors (Lipinski definition) is 3. The molecular weight excluding hydrogens is 250 g/mol. The number of carbonyl (C=O) groups is 3. The van der Waals surface area contributed by atoms with Crippen LogP contribution in [0.1, 0.15) is 28.9 Å². The Hall–Kier alpha value is -2.44. The molecule has 0 saturated carbocycles. The summed E-state index contributed by atoms with van der Waals surface area (Å²) in [6, 6.07) is 2.27. The van der Waals surface area contributed by atoms with Gasteiger partial charge in [-0.3, -0.25) is 14.6 Å². The highest BCUT2D eigenvalue weighted by Gasteiger charge is 2.26. The number of pyridine rings is 1. The quantitative estimate of drug-likeness (QED) is 0.689. The number of aromatic nitrogens is 1. The van der Waals surface area contributed by atoms with Gasteiger partial charge in [0.05, 0.1) is 17.8 Å². The number of carboxylic acid groups (broad SMARTS) is 1. The summed E-state index contributed by atoms with van der Waals surface area (Å²) in [6.45, 7) is 0.131. The molecule has 1 aromatic heterocycles. The Morgan fingerprint density at radius 3 is 2.95 bits per heavy atom. The molecule has 0 unspecified atom stereocenters. The molecule has 3 N–H and O–H groups in total. The highest BCUT2D eigenvalue weighted by molar-refractivity contribution is 5.90. The Kier molecular flexibility index (Phi) is 3.74. The molecule has 0 bridgehead atoms. The number of nitrogens with zero attached hydrogens (tertiary/aromatic N) is 1. The Bertz CT molecular complexity index is 529. The number of hydrogen-bond acceptors (Lipinski definition) is 4. The molecule has 1 aromatic rings. The lowest BCUT2D eigenvalue weighted by Gasteiger charge is -2.10. The fourth-order valence-electron chi connectivity index (χ4n) is 1.82. The van der Waals surface area contributed by atoms with Gasteiger partial charge in [-0.25, -0.2) is 4.79 Å². The fourth-order valence-corrected chi connectivity index (χ4v) is 1.82. The van der Waals surface area contributed by atoms with Gasteiger partial charge in [0.25, 0.3) is 0 Å². The number of amides is 2. The maximum absolute atomic E-state index is 11.7. The SMILES string of the molecule is O=C1CC[C@@H](C(=O)NCc2cc(C(=O)O)ccn2)N1. The molecule has 1 saturated heterocycles. The predicted molar refractivity (Wildman–Crippen MR) is 64.2 cm³/mol. The van der Waals surface area contributed by atoms with Gasteiger partial charge < -0.3 is 15.7 Å². The molecule has 7 heteroatoms. The van der Waals surface area contributed by atoms with Crippen molar-refractivity contribution in [3.8, 4) is 0 Å². The number of carboxylic acids is 1. The molecule has 100 valence electrons. The van der Waals surface area contributed by atoms with Crippen molar-refractivity contribution in [3.05, 3.63) is 29.6 Å². The van der Waals surface area contributed by atoms with E-state index in [1.165, 1.54) is 18.3 Å². The van der Waals surface area contributed by atoms with Crippen LogP contribution in [-0.2, 0) is 16.1 Å². The van der Waals surface area contributed by atoms with E-state index >= 15 is 0 Å². The van der Waals surface area contributed by atoms with Crippen LogP contribution in [0, 0.1) is 0 Å². The first-order valence-electron chi connectivity index (χ1n) is 5.81. The van der Waals surface area contributed by atoms with Crippen LogP contribution in [0.15, 0.2) is 18.3 Å². The van der Waals surface area contributed by atoms with E-state index in [0.717, 1.165) is 0 Å². The molecule has 7 nitrogen and oxygen atoms in total. The van der Waals surface area contributed by atoms with Gasteiger partial charge >= 0.3 is 5.97 Å². The lowest BCUT2D eigenvalue weighted by molar-refractivity contribution is -0.125. The highest BCUT2D eigenvalue weighted by atomic mass is 16.4. The lowest BCUT2D eigenvalue weighted by atomic mass is 10.2. The summed E-state index contributed by atoms with van der Waals surface area (Å²) in [7, 11) is 0. The third-order valence-electron chi connectivity index (χ3n) is 2.82. The number of carbonyl (C=O) groups excluding carboxylic acids is 2. The molecule has 0 spiro atoms. The van der Waals surface area contributed by atoms with Crippen molar-refractivity contribution in [3.63, 3.8) is 0 Å². The third-order valence-corrected chi connectivity index (χ3v) is 2.82. The van der Waals surface area contributed by atoms with Crippen molar-refractivity contribution < 1.29 is 19.5 Å². The topological polar surface area (TPSA) is 108 Å². The van der Waals surface area contributed by atoms with E-state index in [1.54, 1.807) is 0 Å². The molecular formula is C12H13N3O4. The van der Waals surface area contributed by atoms with Gasteiger partial charge in [0.2, 0.25) is 11.8 Å². The average molecular weight is 263 g/mol. The molecule has 2 amide bonds. The molecule has 2 heterocycles. The largest absolute Gasteiger partial charge is 0.478 e. The van der Waals surface area contributed by atoms with Crippen LogP contribution < -0.4 is 10.6 Å². The molecule has 0 radical (unpaired) electrons. The maximum atomic E-state index is 11.7. The Balaban J connectivity index is 1.91. The molecule has 1 aliphatic rings. The summed E-state index contributed by atoms with van der Waals surface area (Å²) in [5, 5.41) is 14.0. The monoisotopic (exact) mass is 263 g/mol. The van der Waals surface area contributed by atoms with Crippen molar-refractivity contribution in [2.24, 2.45) is 0 Å². The first-order valence-corrected chi connectivity index (χ1v) is 5.81. The van der Waals surface area contributed by atoms with Crippen LogP contribution in [-0.4, -0.2) is 33.9 Å². The van der Waals surface area contributed by atoms with Crippen molar-refractivity contribution in [1.29, 1.82) is 0 Å². The van der Waals surface area contributed by atoms with Crippen LogP contribution >= 0.6 is 0 Å². The van der Waals surface area contributed by atoms with Crippen LogP contribution in [0.4, 0.5) is 0 Å². The zero-order valence-corrected chi connectivity index (χ0v) is 10.0. The van der Waals surface area contributed by atoms with Gasteiger partial charge in [-0.05, 0) is 18.6 Å². The molecule has 1 fully saturated rings. The smallest absolute Gasteiger partial charge is 0.335 e. The zero-order chi connectivity index (χ0) is 13.8. The molecule has 0 aliphatic carbocycles. The molecule has 2 rings (SSSR count). The second-order valence-corrected chi connectivity index (χ2v) is 4.22. The fraction of sp³-hybridized carbons (Fsp3) is 0.333. The second kappa shape index (κ2) is 5.47. The van der Waals surface area contributed by atoms with Crippen molar-refractivity contribution >= 4 is 17.8 Å². The zero-order valence-electron chi connectivity index (χ0n) is 10.0. The summed E-state index contributed by atoms with van der Waals surface area (Å²) in [5.41, 5.74) is 0.575. The van der Waals surface area contributed by atoms with Crippen molar-refractivity contribution in [2.75, 3.05) is 0 Å². The van der Waals surface area contributed by atoms with E-state index in [-0.39, 0.29) is 23.9 Å². The first-order chi connectivity index (χ1) is 9.06. The van der Waals surface area contributed by atoms with Crippen molar-refractivity contribution in [2.45, 2.75) is 25.4 Å². The van der Waals surface area contributed by atoms with E-state index in [1.807, 2.05) is 0 Å². The summed E-state index contributed by atoms with van der Waals surface area (Å²) >= 11 is 0. The Morgan fingerprint density at radius 2 is 2.32 bits per heavy atom. The van der Waals surface area contributed by atoms with Crippen LogP contribution in [0.2, 0.25) is 0 Å². The third kappa shape index (κ3) is 3.27. The molecule has 1 atom stereocenters. The predicted octanol–water partition coefficient (Wildman–Crippen LogP) is -0.325. The first kappa shape index (κ1) is 13.0. The Morgan fingerprint density at radius 1 is 1.53 bits per heavy atom. The minimum absolute atomic E-state index is 0.119. The van der Waals surface area contributed by atoms with Gasteiger partial charge in [0, 0.05) is 12.6 Å². The standard InChI is InChI=1S/C12H13N3O4/c16-10-2-1-9(15-10)11(17)14-6-8-5-7(12(18)19)3-4-13-8/h3-5,9H,1-2,6H2,(H,14,17)(H,15,16)(H,18,19)/t9-/m0/s1. The van der Waals surface area contributed by atoms with Crippen LogP contribution in [0.25, 0.3) is 0 Å². The van der Waals surface area contributed by atoms with E-state index in [0.29, 0.717) is 18.5 Å². The number of rotatable bonds is 4. The molecule has 0 aromatic carbocycles. The summed E-state index contributed by atoms with van der Waals surface area (Å²) in [6.07, 6.45) is 2.21. The average Bonchev–Trinajstić information content (AvgIpc) is 2.83. The second-order valence-electron chi connectivity index (χ2n) is 4.22. The minimum atomic E-state index is -1.04. The molecule has 1 aliphatic heterocycles. The van der Waals surface area contributed by atoms with E-state index < -0.39 is 12.0 Å². The van der Waals surface area contributed by atoms with Gasteiger partial charge in [0.15, 0.2) is 0 Å². The van der Waals surface area contributed by atoms with E-state index in [4.69, 9.17) is 5.11 Å². The van der Waals surface area contributed by atoms with Crippen LogP contribution in [0.5, 0.6) is 0 Å². The number of aromatic carboxylic acids is 1. The van der Waals surface area contributed by atoms with Gasteiger partial charge in [-0.2, -0.15) is 0 Å². The summed E-state index contributed by atoms with van der Waals surface area (Å²) < 4.78 is 0. The summed E-state index contributed by atoms with van der Waals surface area (Å²) in [5.74, 6) is -1.46. The summed E-state index contributed by atoms with van der Waals surface area (Å²) in [4.78, 5) is 37.4. The highest BCUT2D eigenvalue weighted by Crippen LogP contribution is 2.07. The van der Waals surface area contributed by atoms with Crippen LogP contribution in [0.3, 0.4) is 0 Å². The van der Waals surface area contributed by atoms with Gasteiger partial charge in [-0.15, -0.1) is 0 Å². The number of nitrogens with one attached hydrogen (secondary N) is 2. The lowest BCUT2D eigenvalue weighted by Crippen LogP contribution is -2.41.